The van der Waals surface area contributed by atoms with Gasteiger partial charge in [-0.05, 0) is 25.0 Å². The van der Waals surface area contributed by atoms with E-state index in [9.17, 15) is 9.18 Å². The number of amides is 1. The van der Waals surface area contributed by atoms with Gasteiger partial charge in [0.25, 0.3) is 5.91 Å². The van der Waals surface area contributed by atoms with Crippen LogP contribution in [0, 0.1) is 11.7 Å². The Hall–Kier alpha value is -1.58. The van der Waals surface area contributed by atoms with Crippen molar-refractivity contribution in [2.75, 3.05) is 0 Å². The van der Waals surface area contributed by atoms with E-state index in [1.807, 2.05) is 20.8 Å². The van der Waals surface area contributed by atoms with Crippen molar-refractivity contribution in [2.24, 2.45) is 5.92 Å². The van der Waals surface area contributed by atoms with Crippen LogP contribution in [-0.2, 0) is 0 Å². The molecule has 0 aliphatic heterocycles. The second-order valence-corrected chi connectivity index (χ2v) is 4.31. The molecule has 2 atom stereocenters. The Morgan fingerprint density at radius 2 is 2.12 bits per heavy atom. The van der Waals surface area contributed by atoms with Crippen LogP contribution in [0.3, 0.4) is 0 Å². The molecular weight excluding hydrogens is 221 g/mol. The summed E-state index contributed by atoms with van der Waals surface area (Å²) in [4.78, 5) is 11.8. The summed E-state index contributed by atoms with van der Waals surface area (Å²) in [6.45, 7) is 5.96. The average molecular weight is 239 g/mol. The van der Waals surface area contributed by atoms with Crippen molar-refractivity contribution in [1.82, 2.24) is 5.32 Å². The first-order chi connectivity index (χ1) is 7.95. The summed E-state index contributed by atoms with van der Waals surface area (Å²) in [5.74, 6) is -1.01. The number of halogens is 1. The first kappa shape index (κ1) is 13.5. The molecule has 17 heavy (non-hydrogen) atoms. The largest absolute Gasteiger partial charge is 0.508 e. The zero-order valence-electron chi connectivity index (χ0n) is 10.3. The van der Waals surface area contributed by atoms with E-state index in [1.165, 1.54) is 12.1 Å². The molecule has 2 N–H and O–H groups in total. The molecule has 3 nitrogen and oxygen atoms in total. The quantitative estimate of drug-likeness (QED) is 0.848. The molecule has 2 unspecified atom stereocenters. The number of hydrogen-bond acceptors (Lipinski definition) is 2. The van der Waals surface area contributed by atoms with Gasteiger partial charge < -0.3 is 10.4 Å². The van der Waals surface area contributed by atoms with Crippen molar-refractivity contribution >= 4 is 5.91 Å². The lowest BCUT2D eigenvalue weighted by Crippen LogP contribution is -2.37. The van der Waals surface area contributed by atoms with Gasteiger partial charge in [0.15, 0.2) is 0 Å². The predicted octanol–water partition coefficient (Wildman–Crippen LogP) is 2.70. The molecule has 1 aromatic rings. The zero-order valence-corrected chi connectivity index (χ0v) is 10.3. The summed E-state index contributed by atoms with van der Waals surface area (Å²) in [5, 5.41) is 11.8. The maximum absolute atomic E-state index is 13.4. The highest BCUT2D eigenvalue weighted by Crippen LogP contribution is 2.15. The van der Waals surface area contributed by atoms with E-state index in [2.05, 4.69) is 5.32 Å². The van der Waals surface area contributed by atoms with Gasteiger partial charge in [-0.2, -0.15) is 0 Å². The minimum Gasteiger partial charge on any atom is -0.508 e. The minimum atomic E-state index is -0.709. The molecule has 0 aliphatic carbocycles. The number of benzene rings is 1. The Labute approximate surface area is 101 Å². The number of nitrogens with one attached hydrogen (secondary N) is 1. The number of aromatic hydroxyl groups is 1. The number of rotatable bonds is 4. The number of carbonyl (C=O) groups excluding carboxylic acids is 1. The molecule has 94 valence electrons. The highest BCUT2D eigenvalue weighted by atomic mass is 19.1. The van der Waals surface area contributed by atoms with E-state index >= 15 is 0 Å². The van der Waals surface area contributed by atoms with Crippen molar-refractivity contribution in [3.8, 4) is 5.75 Å². The monoisotopic (exact) mass is 239 g/mol. The molecule has 0 saturated heterocycles. The summed E-state index contributed by atoms with van der Waals surface area (Å²) >= 11 is 0. The van der Waals surface area contributed by atoms with E-state index < -0.39 is 11.7 Å². The molecule has 0 fully saturated rings. The fourth-order valence-electron chi connectivity index (χ4n) is 1.47. The maximum Gasteiger partial charge on any atom is 0.254 e. The summed E-state index contributed by atoms with van der Waals surface area (Å²) in [7, 11) is 0. The third kappa shape index (κ3) is 3.44. The lowest BCUT2D eigenvalue weighted by atomic mass is 10.0. The molecule has 0 radical (unpaired) electrons. The summed E-state index contributed by atoms with van der Waals surface area (Å²) in [6.07, 6.45) is 0.944. The predicted molar refractivity (Wildman–Crippen MR) is 64.4 cm³/mol. The zero-order chi connectivity index (χ0) is 13.0. The highest BCUT2D eigenvalue weighted by Gasteiger charge is 2.17. The van der Waals surface area contributed by atoms with Gasteiger partial charge in [-0.1, -0.05) is 20.3 Å². The normalized spacial score (nSPS) is 14.1. The minimum absolute atomic E-state index is 0.0132. The van der Waals surface area contributed by atoms with Gasteiger partial charge in [0.1, 0.15) is 11.6 Å². The van der Waals surface area contributed by atoms with E-state index in [-0.39, 0.29) is 17.4 Å². The molecule has 0 aromatic heterocycles. The number of phenols is 1. The number of carbonyl (C=O) groups is 1. The van der Waals surface area contributed by atoms with Crippen LogP contribution in [0.15, 0.2) is 18.2 Å². The van der Waals surface area contributed by atoms with Gasteiger partial charge in [0.05, 0.1) is 5.56 Å². The van der Waals surface area contributed by atoms with Gasteiger partial charge >= 0.3 is 0 Å². The molecule has 0 heterocycles. The second kappa shape index (κ2) is 5.66. The molecule has 4 heteroatoms. The average Bonchev–Trinajstić information content (AvgIpc) is 2.27. The van der Waals surface area contributed by atoms with Crippen molar-refractivity contribution < 1.29 is 14.3 Å². The van der Waals surface area contributed by atoms with Crippen LogP contribution in [0.5, 0.6) is 5.75 Å². The fourth-order valence-corrected chi connectivity index (χ4v) is 1.47. The molecule has 1 amide bonds. The molecule has 0 bridgehead atoms. The Morgan fingerprint density at radius 1 is 1.47 bits per heavy atom. The Morgan fingerprint density at radius 3 is 2.65 bits per heavy atom. The molecular formula is C13H18FNO2. The lowest BCUT2D eigenvalue weighted by molar-refractivity contribution is 0.0924. The van der Waals surface area contributed by atoms with Crippen LogP contribution in [0.4, 0.5) is 4.39 Å². The first-order valence-electron chi connectivity index (χ1n) is 5.75. The molecule has 0 spiro atoms. The summed E-state index contributed by atoms with van der Waals surface area (Å²) in [5.41, 5.74) is -0.0436. The standard InChI is InChI=1S/C13H18FNO2/c1-4-8(2)9(3)15-13(17)11-6-5-10(16)7-12(11)14/h5-9,16H,4H2,1-3H3,(H,15,17). The van der Waals surface area contributed by atoms with Gasteiger partial charge in [0, 0.05) is 12.1 Å². The first-order valence-corrected chi connectivity index (χ1v) is 5.75. The van der Waals surface area contributed by atoms with Gasteiger partial charge in [-0.3, -0.25) is 4.79 Å². The Bertz CT molecular complexity index is 406. The Kier molecular flexibility index (Phi) is 4.49. The molecule has 1 aromatic carbocycles. The highest BCUT2D eigenvalue weighted by molar-refractivity contribution is 5.94. The third-order valence-corrected chi connectivity index (χ3v) is 3.05. The summed E-state index contributed by atoms with van der Waals surface area (Å²) < 4.78 is 13.4. The molecule has 1 rings (SSSR count). The topological polar surface area (TPSA) is 49.3 Å². The Balaban J connectivity index is 2.76. The van der Waals surface area contributed by atoms with E-state index in [0.717, 1.165) is 12.5 Å². The van der Waals surface area contributed by atoms with E-state index in [1.54, 1.807) is 0 Å². The number of phenolic OH excluding ortho intramolecular Hbond substituents is 1. The van der Waals surface area contributed by atoms with Crippen molar-refractivity contribution in [3.05, 3.63) is 29.6 Å². The van der Waals surface area contributed by atoms with Crippen molar-refractivity contribution in [2.45, 2.75) is 33.2 Å². The van der Waals surface area contributed by atoms with Gasteiger partial charge in [-0.15, -0.1) is 0 Å². The third-order valence-electron chi connectivity index (χ3n) is 3.05. The van der Waals surface area contributed by atoms with E-state index in [0.29, 0.717) is 5.92 Å². The smallest absolute Gasteiger partial charge is 0.254 e. The fraction of sp³-hybridized carbons (Fsp3) is 0.462. The SMILES string of the molecule is CCC(C)C(C)NC(=O)c1ccc(O)cc1F. The maximum atomic E-state index is 13.4. The van der Waals surface area contributed by atoms with E-state index in [4.69, 9.17) is 5.11 Å². The van der Waals surface area contributed by atoms with Crippen LogP contribution < -0.4 is 5.32 Å². The van der Waals surface area contributed by atoms with Crippen LogP contribution in [0.1, 0.15) is 37.6 Å². The van der Waals surface area contributed by atoms with Crippen LogP contribution in [0.2, 0.25) is 0 Å². The van der Waals surface area contributed by atoms with Crippen LogP contribution in [-0.4, -0.2) is 17.1 Å². The van der Waals surface area contributed by atoms with Crippen molar-refractivity contribution in [3.63, 3.8) is 0 Å². The lowest BCUT2D eigenvalue weighted by Gasteiger charge is -2.20. The van der Waals surface area contributed by atoms with Gasteiger partial charge in [0.2, 0.25) is 0 Å². The molecule has 0 aliphatic rings. The number of hydrogen-bond donors (Lipinski definition) is 2. The van der Waals surface area contributed by atoms with Crippen molar-refractivity contribution in [1.29, 1.82) is 0 Å². The summed E-state index contributed by atoms with van der Waals surface area (Å²) in [6, 6.07) is 3.50. The van der Waals surface area contributed by atoms with Gasteiger partial charge in [-0.25, -0.2) is 4.39 Å². The second-order valence-electron chi connectivity index (χ2n) is 4.31. The molecule has 0 saturated carbocycles. The van der Waals surface area contributed by atoms with Crippen LogP contribution >= 0.6 is 0 Å². The van der Waals surface area contributed by atoms with Crippen LogP contribution in [0.25, 0.3) is 0 Å².